The van der Waals surface area contributed by atoms with Crippen LogP contribution in [0.4, 0.5) is 17.2 Å². The van der Waals surface area contributed by atoms with E-state index >= 15 is 0 Å². The molecule has 0 aliphatic heterocycles. The predicted molar refractivity (Wildman–Crippen MR) is 147 cm³/mol. The summed E-state index contributed by atoms with van der Waals surface area (Å²) in [5, 5.41) is 2.71. The van der Waals surface area contributed by atoms with E-state index in [9.17, 15) is 24.0 Å². The standard InChI is InChI=1S/C27H39N5O6/c1-5-7-11-17-31(23-24(28)32(16-8-6-2)27(37)30-26(23)36)21(33)14-15-22(34)38-19(4)25(35)29-20-13-10-9-12-18(20)3/h9-10,12-13,19H,5-8,11,14-17,28H2,1-4H3,(H,29,35)(H,30,36,37)/t19-/m0/s1. The van der Waals surface area contributed by atoms with Crippen LogP contribution in [0.25, 0.3) is 0 Å². The smallest absolute Gasteiger partial charge is 0.330 e. The molecule has 0 bridgehead atoms. The summed E-state index contributed by atoms with van der Waals surface area (Å²) in [5.41, 5.74) is 6.20. The normalized spacial score (nSPS) is 11.6. The summed E-state index contributed by atoms with van der Waals surface area (Å²) in [4.78, 5) is 66.6. The average molecular weight is 530 g/mol. The van der Waals surface area contributed by atoms with Crippen molar-refractivity contribution in [2.75, 3.05) is 22.5 Å². The van der Waals surface area contributed by atoms with E-state index < -0.39 is 35.1 Å². The van der Waals surface area contributed by atoms with Gasteiger partial charge in [-0.05, 0) is 38.3 Å². The number of para-hydroxylation sites is 1. The molecule has 2 aromatic rings. The molecule has 11 nitrogen and oxygen atoms in total. The second-order valence-electron chi connectivity index (χ2n) is 9.19. The molecule has 0 fully saturated rings. The van der Waals surface area contributed by atoms with Gasteiger partial charge in [-0.3, -0.25) is 28.7 Å². The number of anilines is 3. The first kappa shape index (κ1) is 30.3. The van der Waals surface area contributed by atoms with Crippen LogP contribution in [0, 0.1) is 6.92 Å². The molecule has 4 N–H and O–H groups in total. The number of nitrogens with two attached hydrogens (primary N) is 1. The number of aromatic amines is 1. The van der Waals surface area contributed by atoms with Crippen molar-refractivity contribution in [3.63, 3.8) is 0 Å². The monoisotopic (exact) mass is 529 g/mol. The molecular weight excluding hydrogens is 490 g/mol. The number of hydrogen-bond acceptors (Lipinski definition) is 7. The van der Waals surface area contributed by atoms with Gasteiger partial charge in [-0.15, -0.1) is 0 Å². The van der Waals surface area contributed by atoms with Gasteiger partial charge in [0.15, 0.2) is 11.8 Å². The van der Waals surface area contributed by atoms with Gasteiger partial charge >= 0.3 is 11.7 Å². The molecule has 1 aromatic carbocycles. The minimum atomic E-state index is -1.07. The Hall–Kier alpha value is -3.89. The number of hydrogen-bond donors (Lipinski definition) is 3. The Morgan fingerprint density at radius 2 is 1.76 bits per heavy atom. The van der Waals surface area contributed by atoms with Crippen LogP contribution in [0.15, 0.2) is 33.9 Å². The van der Waals surface area contributed by atoms with E-state index in [1.165, 1.54) is 16.4 Å². The molecule has 0 saturated carbocycles. The summed E-state index contributed by atoms with van der Waals surface area (Å²) in [6.45, 7) is 7.76. The van der Waals surface area contributed by atoms with Crippen LogP contribution in [0.2, 0.25) is 0 Å². The fourth-order valence-electron chi connectivity index (χ4n) is 3.86. The Bertz CT molecular complexity index is 1240. The number of nitrogens with one attached hydrogen (secondary N) is 2. The SMILES string of the molecule is CCCCCN(C(=O)CCC(=O)O[C@@H](C)C(=O)Nc1ccccc1C)c1c(N)n(CCCC)c(=O)[nH]c1=O. The van der Waals surface area contributed by atoms with E-state index in [1.54, 1.807) is 12.1 Å². The van der Waals surface area contributed by atoms with Crippen LogP contribution in [-0.2, 0) is 25.7 Å². The Morgan fingerprint density at radius 3 is 2.42 bits per heavy atom. The number of ether oxygens (including phenoxy) is 1. The fraction of sp³-hybridized carbons (Fsp3) is 0.519. The van der Waals surface area contributed by atoms with Gasteiger partial charge in [-0.1, -0.05) is 51.3 Å². The van der Waals surface area contributed by atoms with Crippen LogP contribution in [0.1, 0.15) is 71.3 Å². The largest absolute Gasteiger partial charge is 0.453 e. The number of unbranched alkanes of at least 4 members (excludes halogenated alkanes) is 3. The van der Waals surface area contributed by atoms with E-state index in [-0.39, 0.29) is 30.9 Å². The zero-order valence-corrected chi connectivity index (χ0v) is 22.7. The van der Waals surface area contributed by atoms with Crippen LogP contribution in [0.5, 0.6) is 0 Å². The third-order valence-corrected chi connectivity index (χ3v) is 6.13. The predicted octanol–water partition coefficient (Wildman–Crippen LogP) is 3.10. The van der Waals surface area contributed by atoms with Gasteiger partial charge in [-0.2, -0.15) is 0 Å². The first-order chi connectivity index (χ1) is 18.1. The Labute approximate surface area is 222 Å². The first-order valence-electron chi connectivity index (χ1n) is 13.1. The molecule has 2 rings (SSSR count). The van der Waals surface area contributed by atoms with Crippen molar-refractivity contribution in [2.24, 2.45) is 0 Å². The summed E-state index contributed by atoms with van der Waals surface area (Å²) in [6.07, 6.45) is 2.16. The number of nitrogens with zero attached hydrogens (tertiary/aromatic N) is 2. The number of H-pyrrole nitrogens is 1. The summed E-state index contributed by atoms with van der Waals surface area (Å²) in [6, 6.07) is 7.22. The number of aromatic nitrogens is 2. The molecule has 1 atom stereocenters. The summed E-state index contributed by atoms with van der Waals surface area (Å²) < 4.78 is 6.48. The zero-order chi connectivity index (χ0) is 28.2. The van der Waals surface area contributed by atoms with Crippen molar-refractivity contribution in [1.29, 1.82) is 0 Å². The molecule has 1 aromatic heterocycles. The van der Waals surface area contributed by atoms with Crippen LogP contribution < -0.4 is 27.2 Å². The molecule has 0 saturated heterocycles. The van der Waals surface area contributed by atoms with Crippen molar-refractivity contribution in [2.45, 2.75) is 85.3 Å². The van der Waals surface area contributed by atoms with Crippen molar-refractivity contribution >= 4 is 35.0 Å². The quantitative estimate of drug-likeness (QED) is 0.251. The van der Waals surface area contributed by atoms with Gasteiger partial charge in [0.05, 0.1) is 6.42 Å². The minimum Gasteiger partial charge on any atom is -0.453 e. The number of carbonyl (C=O) groups excluding carboxylic acids is 3. The third kappa shape index (κ3) is 8.32. The van der Waals surface area contributed by atoms with Crippen molar-refractivity contribution in [3.05, 3.63) is 50.7 Å². The molecule has 0 unspecified atom stereocenters. The minimum absolute atomic E-state index is 0.0823. The number of nitrogen functional groups attached to an aromatic ring is 1. The summed E-state index contributed by atoms with van der Waals surface area (Å²) >= 11 is 0. The van der Waals surface area contributed by atoms with E-state index in [2.05, 4.69) is 10.3 Å². The maximum absolute atomic E-state index is 13.2. The highest BCUT2D eigenvalue weighted by molar-refractivity contribution is 5.98. The Morgan fingerprint density at radius 1 is 1.08 bits per heavy atom. The molecule has 0 spiro atoms. The van der Waals surface area contributed by atoms with E-state index in [0.717, 1.165) is 24.8 Å². The molecule has 0 radical (unpaired) electrons. The number of rotatable bonds is 14. The zero-order valence-electron chi connectivity index (χ0n) is 22.7. The lowest BCUT2D eigenvalue weighted by molar-refractivity contribution is -0.153. The van der Waals surface area contributed by atoms with Crippen molar-refractivity contribution in [3.8, 4) is 0 Å². The van der Waals surface area contributed by atoms with Gasteiger partial charge in [0, 0.05) is 25.2 Å². The van der Waals surface area contributed by atoms with Crippen LogP contribution >= 0.6 is 0 Å². The van der Waals surface area contributed by atoms with Crippen LogP contribution in [0.3, 0.4) is 0 Å². The molecule has 11 heteroatoms. The highest BCUT2D eigenvalue weighted by Crippen LogP contribution is 2.20. The van der Waals surface area contributed by atoms with E-state index in [1.807, 2.05) is 32.9 Å². The highest BCUT2D eigenvalue weighted by Gasteiger charge is 2.25. The van der Waals surface area contributed by atoms with Gasteiger partial charge in [0.1, 0.15) is 5.82 Å². The highest BCUT2D eigenvalue weighted by atomic mass is 16.5. The lowest BCUT2D eigenvalue weighted by Crippen LogP contribution is -2.42. The van der Waals surface area contributed by atoms with Gasteiger partial charge in [-0.25, -0.2) is 4.79 Å². The number of esters is 1. The maximum Gasteiger partial charge on any atom is 0.330 e. The van der Waals surface area contributed by atoms with Crippen molar-refractivity contribution < 1.29 is 19.1 Å². The molecule has 2 amide bonds. The number of carbonyl (C=O) groups is 3. The third-order valence-electron chi connectivity index (χ3n) is 6.13. The number of benzene rings is 1. The Kier molecular flexibility index (Phi) is 11.8. The summed E-state index contributed by atoms with van der Waals surface area (Å²) in [5.74, 6) is -1.81. The average Bonchev–Trinajstić information content (AvgIpc) is 2.87. The van der Waals surface area contributed by atoms with Gasteiger partial charge in [0.25, 0.3) is 11.5 Å². The lowest BCUT2D eigenvalue weighted by atomic mass is 10.2. The lowest BCUT2D eigenvalue weighted by Gasteiger charge is -2.24. The molecule has 0 aliphatic rings. The number of aryl methyl sites for hydroxylation is 1. The fourth-order valence-corrected chi connectivity index (χ4v) is 3.86. The molecule has 0 aliphatic carbocycles. The molecule has 208 valence electrons. The second kappa shape index (κ2) is 14.7. The molecule has 1 heterocycles. The van der Waals surface area contributed by atoms with Crippen LogP contribution in [-0.4, -0.2) is 40.0 Å². The van der Waals surface area contributed by atoms with E-state index in [0.29, 0.717) is 25.1 Å². The first-order valence-corrected chi connectivity index (χ1v) is 13.1. The topological polar surface area (TPSA) is 157 Å². The summed E-state index contributed by atoms with van der Waals surface area (Å²) in [7, 11) is 0. The van der Waals surface area contributed by atoms with Gasteiger partial charge in [0.2, 0.25) is 5.91 Å². The van der Waals surface area contributed by atoms with Crippen molar-refractivity contribution in [1.82, 2.24) is 9.55 Å². The number of amides is 2. The molecular formula is C27H39N5O6. The maximum atomic E-state index is 13.2. The van der Waals surface area contributed by atoms with Gasteiger partial charge < -0.3 is 20.7 Å². The molecule has 38 heavy (non-hydrogen) atoms. The Balaban J connectivity index is 2.12. The second-order valence-corrected chi connectivity index (χ2v) is 9.19. The van der Waals surface area contributed by atoms with E-state index in [4.69, 9.17) is 10.5 Å².